The summed E-state index contributed by atoms with van der Waals surface area (Å²) in [5.74, 6) is 0.963. The Balaban J connectivity index is 3.03. The molecule has 0 fully saturated rings. The zero-order chi connectivity index (χ0) is 12.3. The van der Waals surface area contributed by atoms with Crippen molar-refractivity contribution >= 4 is 0 Å². The van der Waals surface area contributed by atoms with Crippen LogP contribution in [0.4, 0.5) is 0 Å². The van der Waals surface area contributed by atoms with Crippen LogP contribution in [0, 0.1) is 0 Å². The highest BCUT2D eigenvalue weighted by Crippen LogP contribution is 2.31. The lowest BCUT2D eigenvalue weighted by Crippen LogP contribution is -2.34. The second kappa shape index (κ2) is 4.74. The van der Waals surface area contributed by atoms with E-state index in [0.717, 1.165) is 5.56 Å². The molecule has 0 aliphatic rings. The average Bonchev–Trinajstić information content (AvgIpc) is 2.08. The van der Waals surface area contributed by atoms with E-state index >= 15 is 0 Å². The predicted octanol–water partition coefficient (Wildman–Crippen LogP) is 2.46. The van der Waals surface area contributed by atoms with Crippen molar-refractivity contribution < 1.29 is 9.84 Å². The van der Waals surface area contributed by atoms with Gasteiger partial charge in [0, 0.05) is 11.1 Å². The molecule has 0 unspecified atom stereocenters. The van der Waals surface area contributed by atoms with E-state index in [4.69, 9.17) is 10.5 Å². The Morgan fingerprint density at radius 2 is 2.00 bits per heavy atom. The molecule has 0 aliphatic carbocycles. The average molecular weight is 223 g/mol. The van der Waals surface area contributed by atoms with Crippen molar-refractivity contribution in [3.8, 4) is 11.5 Å². The van der Waals surface area contributed by atoms with E-state index < -0.39 is 0 Å². The van der Waals surface area contributed by atoms with Gasteiger partial charge in [-0.1, -0.05) is 6.07 Å². The highest BCUT2D eigenvalue weighted by molar-refractivity contribution is 5.44. The molecule has 1 aromatic rings. The largest absolute Gasteiger partial charge is 0.508 e. The molecule has 0 radical (unpaired) electrons. The number of aromatic hydroxyl groups is 1. The van der Waals surface area contributed by atoms with Gasteiger partial charge < -0.3 is 15.6 Å². The van der Waals surface area contributed by atoms with Gasteiger partial charge in [-0.2, -0.15) is 0 Å². The van der Waals surface area contributed by atoms with Crippen LogP contribution < -0.4 is 10.5 Å². The summed E-state index contributed by atoms with van der Waals surface area (Å²) in [6.07, 6.45) is 0.670. The molecule has 16 heavy (non-hydrogen) atoms. The van der Waals surface area contributed by atoms with Crippen molar-refractivity contribution in [3.05, 3.63) is 23.8 Å². The normalized spacial score (nSPS) is 11.9. The minimum atomic E-state index is -0.367. The third kappa shape index (κ3) is 3.74. The van der Waals surface area contributed by atoms with Crippen molar-refractivity contribution in [2.45, 2.75) is 45.8 Å². The van der Waals surface area contributed by atoms with E-state index in [1.807, 2.05) is 33.8 Å². The third-order valence-electron chi connectivity index (χ3n) is 2.10. The van der Waals surface area contributed by atoms with Gasteiger partial charge in [-0.05, 0) is 46.2 Å². The van der Waals surface area contributed by atoms with Crippen molar-refractivity contribution in [3.63, 3.8) is 0 Å². The molecule has 0 saturated carbocycles. The highest BCUT2D eigenvalue weighted by atomic mass is 16.5. The fourth-order valence-electron chi connectivity index (χ4n) is 1.55. The predicted molar refractivity (Wildman–Crippen MR) is 65.8 cm³/mol. The van der Waals surface area contributed by atoms with Crippen LogP contribution >= 0.6 is 0 Å². The van der Waals surface area contributed by atoms with Gasteiger partial charge in [0.25, 0.3) is 0 Å². The summed E-state index contributed by atoms with van der Waals surface area (Å²) >= 11 is 0. The molecule has 0 aromatic heterocycles. The zero-order valence-corrected chi connectivity index (χ0v) is 10.4. The molecule has 0 atom stereocenters. The summed E-state index contributed by atoms with van der Waals surface area (Å²) in [6, 6.07) is 5.30. The van der Waals surface area contributed by atoms with E-state index in [1.165, 1.54) is 0 Å². The molecule has 0 bridgehead atoms. The molecule has 90 valence electrons. The fraction of sp³-hybridized carbons (Fsp3) is 0.538. The van der Waals surface area contributed by atoms with Crippen LogP contribution in [0.2, 0.25) is 0 Å². The first-order valence-corrected chi connectivity index (χ1v) is 5.56. The smallest absolute Gasteiger partial charge is 0.126 e. The van der Waals surface area contributed by atoms with Crippen LogP contribution in [0.1, 0.15) is 33.3 Å². The number of nitrogens with two attached hydrogens (primary N) is 1. The number of hydrogen-bond donors (Lipinski definition) is 2. The second-order valence-electron chi connectivity index (χ2n) is 5.09. The summed E-state index contributed by atoms with van der Waals surface area (Å²) in [4.78, 5) is 0. The number of phenols is 1. The van der Waals surface area contributed by atoms with Gasteiger partial charge in [-0.25, -0.2) is 0 Å². The maximum absolute atomic E-state index is 9.83. The van der Waals surface area contributed by atoms with Gasteiger partial charge in [0.05, 0.1) is 6.10 Å². The molecule has 1 rings (SSSR count). The first-order valence-electron chi connectivity index (χ1n) is 5.56. The number of ether oxygens (including phenoxy) is 1. The van der Waals surface area contributed by atoms with Gasteiger partial charge in [0.2, 0.25) is 0 Å². The summed E-state index contributed by atoms with van der Waals surface area (Å²) in [6.45, 7) is 7.78. The summed E-state index contributed by atoms with van der Waals surface area (Å²) < 4.78 is 5.66. The van der Waals surface area contributed by atoms with Crippen molar-refractivity contribution in [1.29, 1.82) is 0 Å². The Hall–Kier alpha value is -1.22. The van der Waals surface area contributed by atoms with Crippen LogP contribution in [0.3, 0.4) is 0 Å². The van der Waals surface area contributed by atoms with Crippen molar-refractivity contribution in [2.75, 3.05) is 0 Å². The molecule has 0 aliphatic heterocycles. The lowest BCUT2D eigenvalue weighted by molar-refractivity contribution is 0.237. The highest BCUT2D eigenvalue weighted by Gasteiger charge is 2.18. The molecule has 0 spiro atoms. The topological polar surface area (TPSA) is 55.5 Å². The molecule has 3 N–H and O–H groups in total. The molecule has 3 nitrogen and oxygen atoms in total. The quantitative estimate of drug-likeness (QED) is 0.824. The zero-order valence-electron chi connectivity index (χ0n) is 10.4. The van der Waals surface area contributed by atoms with E-state index in [9.17, 15) is 5.11 Å². The minimum absolute atomic E-state index is 0.0847. The Labute approximate surface area is 97.2 Å². The summed E-state index contributed by atoms with van der Waals surface area (Å²) in [5.41, 5.74) is 6.38. The van der Waals surface area contributed by atoms with E-state index in [2.05, 4.69) is 0 Å². The van der Waals surface area contributed by atoms with Crippen LogP contribution in [-0.2, 0) is 6.42 Å². The first kappa shape index (κ1) is 12.8. The van der Waals surface area contributed by atoms with E-state index in [0.29, 0.717) is 12.2 Å². The molecular weight excluding hydrogens is 202 g/mol. The summed E-state index contributed by atoms with van der Waals surface area (Å²) in [5, 5.41) is 9.83. The molecule has 1 aromatic carbocycles. The minimum Gasteiger partial charge on any atom is -0.508 e. The van der Waals surface area contributed by atoms with E-state index in [1.54, 1.807) is 12.1 Å². The third-order valence-corrected chi connectivity index (χ3v) is 2.10. The van der Waals surface area contributed by atoms with Gasteiger partial charge >= 0.3 is 0 Å². The maximum atomic E-state index is 9.83. The van der Waals surface area contributed by atoms with Crippen LogP contribution in [0.5, 0.6) is 11.5 Å². The Kier molecular flexibility index (Phi) is 3.81. The SMILES string of the molecule is CC(C)Oc1cccc(O)c1CC(C)(C)N. The van der Waals surface area contributed by atoms with Crippen LogP contribution in [-0.4, -0.2) is 16.7 Å². The Bertz CT molecular complexity index is 353. The van der Waals surface area contributed by atoms with Crippen molar-refractivity contribution in [1.82, 2.24) is 0 Å². The molecular formula is C13H21NO2. The van der Waals surface area contributed by atoms with Gasteiger partial charge in [0.15, 0.2) is 0 Å². The molecule has 3 heteroatoms. The lowest BCUT2D eigenvalue weighted by atomic mass is 9.95. The second-order valence-corrected chi connectivity index (χ2v) is 5.09. The number of phenolic OH excluding ortho intramolecular Hbond substituents is 1. The first-order chi connectivity index (χ1) is 7.29. The lowest BCUT2D eigenvalue weighted by Gasteiger charge is -2.22. The van der Waals surface area contributed by atoms with Crippen molar-refractivity contribution in [2.24, 2.45) is 5.73 Å². The molecule has 0 amide bonds. The number of rotatable bonds is 4. The monoisotopic (exact) mass is 223 g/mol. The van der Waals surface area contributed by atoms with E-state index in [-0.39, 0.29) is 17.4 Å². The van der Waals surface area contributed by atoms with Gasteiger partial charge in [-0.3, -0.25) is 0 Å². The molecule has 0 heterocycles. The number of benzene rings is 1. The van der Waals surface area contributed by atoms with Crippen LogP contribution in [0.25, 0.3) is 0 Å². The van der Waals surface area contributed by atoms with Crippen LogP contribution in [0.15, 0.2) is 18.2 Å². The standard InChI is InChI=1S/C13H21NO2/c1-9(2)16-12-7-5-6-11(15)10(12)8-13(3,4)14/h5-7,9,15H,8,14H2,1-4H3. The maximum Gasteiger partial charge on any atom is 0.126 e. The number of hydrogen-bond acceptors (Lipinski definition) is 3. The summed E-state index contributed by atoms with van der Waals surface area (Å²) in [7, 11) is 0. The Morgan fingerprint density at radius 1 is 1.38 bits per heavy atom. The fourth-order valence-corrected chi connectivity index (χ4v) is 1.55. The molecule has 0 saturated heterocycles. The van der Waals surface area contributed by atoms with Gasteiger partial charge in [0.1, 0.15) is 11.5 Å². The van der Waals surface area contributed by atoms with Gasteiger partial charge in [-0.15, -0.1) is 0 Å². The Morgan fingerprint density at radius 3 is 2.50 bits per heavy atom.